The third kappa shape index (κ3) is 4.63. The van der Waals surface area contributed by atoms with Gasteiger partial charge >= 0.3 is 0 Å². The lowest BCUT2D eigenvalue weighted by Gasteiger charge is -2.38. The van der Waals surface area contributed by atoms with Crippen LogP contribution < -0.4 is 15.4 Å². The topological polar surface area (TPSA) is 54.9 Å². The maximum absolute atomic E-state index is 5.61. The Hall–Kier alpha value is -1.75. The quantitative estimate of drug-likeness (QED) is 0.621. The third-order valence-electron chi connectivity index (χ3n) is 4.97. The van der Waals surface area contributed by atoms with E-state index in [1.165, 1.54) is 5.56 Å². The Bertz CT molecular complexity index is 522. The molecule has 134 valence electrons. The van der Waals surface area contributed by atoms with E-state index in [2.05, 4.69) is 41.6 Å². The molecule has 1 aliphatic rings. The fourth-order valence-electron chi connectivity index (χ4n) is 3.06. The molecule has 1 aliphatic heterocycles. The minimum atomic E-state index is 0.0671. The molecule has 0 radical (unpaired) electrons. The summed E-state index contributed by atoms with van der Waals surface area (Å²) in [6.07, 6.45) is 3.08. The van der Waals surface area contributed by atoms with Gasteiger partial charge in [-0.3, -0.25) is 4.99 Å². The zero-order chi connectivity index (χ0) is 17.4. The van der Waals surface area contributed by atoms with E-state index >= 15 is 0 Å². The minimum absolute atomic E-state index is 0.0671. The molecule has 1 aromatic carbocycles. The zero-order valence-electron chi connectivity index (χ0n) is 15.4. The molecule has 0 aromatic heterocycles. The molecule has 0 spiro atoms. The van der Waals surface area contributed by atoms with E-state index in [9.17, 15) is 0 Å². The van der Waals surface area contributed by atoms with Crippen LogP contribution in [0.25, 0.3) is 0 Å². The fourth-order valence-corrected chi connectivity index (χ4v) is 3.06. The highest BCUT2D eigenvalue weighted by molar-refractivity contribution is 5.80. The zero-order valence-corrected chi connectivity index (χ0v) is 15.4. The van der Waals surface area contributed by atoms with Gasteiger partial charge in [-0.05, 0) is 43.9 Å². The number of benzene rings is 1. The smallest absolute Gasteiger partial charge is 0.191 e. The first kappa shape index (κ1) is 18.6. The molecule has 1 heterocycles. The Balaban J connectivity index is 2.12. The van der Waals surface area contributed by atoms with Crippen LogP contribution in [-0.4, -0.2) is 45.9 Å². The highest BCUT2D eigenvalue weighted by Crippen LogP contribution is 2.35. The normalized spacial score (nSPS) is 18.8. The maximum atomic E-state index is 5.61. The summed E-state index contributed by atoms with van der Waals surface area (Å²) in [4.78, 5) is 4.36. The molecule has 0 aliphatic carbocycles. The number of guanidine groups is 1. The average Bonchev–Trinajstić information content (AvgIpc) is 2.65. The van der Waals surface area contributed by atoms with Crippen molar-refractivity contribution in [2.75, 3.05) is 33.9 Å². The molecule has 1 fully saturated rings. The number of aliphatic imine (C=N–C) groups is 1. The summed E-state index contributed by atoms with van der Waals surface area (Å²) < 4.78 is 10.9. The van der Waals surface area contributed by atoms with E-state index in [0.717, 1.165) is 50.7 Å². The van der Waals surface area contributed by atoms with Gasteiger partial charge in [0, 0.05) is 38.3 Å². The van der Waals surface area contributed by atoms with Crippen LogP contribution in [0.5, 0.6) is 5.75 Å². The first-order valence-electron chi connectivity index (χ1n) is 8.83. The minimum Gasteiger partial charge on any atom is -0.497 e. The predicted molar refractivity (Wildman–Crippen MR) is 99.0 cm³/mol. The van der Waals surface area contributed by atoms with Crippen molar-refractivity contribution in [3.63, 3.8) is 0 Å². The molecule has 5 heteroatoms. The molecule has 2 N–H and O–H groups in total. The molecule has 0 bridgehead atoms. The number of hydrogen-bond donors (Lipinski definition) is 2. The second kappa shape index (κ2) is 8.92. The number of ether oxygens (including phenoxy) is 2. The van der Waals surface area contributed by atoms with Crippen LogP contribution in [0.2, 0.25) is 0 Å². The van der Waals surface area contributed by atoms with E-state index in [4.69, 9.17) is 9.47 Å². The van der Waals surface area contributed by atoms with Gasteiger partial charge in [0.2, 0.25) is 0 Å². The van der Waals surface area contributed by atoms with Crippen molar-refractivity contribution in [3.8, 4) is 5.75 Å². The number of rotatable bonds is 6. The summed E-state index contributed by atoms with van der Waals surface area (Å²) in [5.41, 5.74) is 1.40. The van der Waals surface area contributed by atoms with Gasteiger partial charge in [-0.15, -0.1) is 0 Å². The van der Waals surface area contributed by atoms with Crippen molar-refractivity contribution in [2.24, 2.45) is 4.99 Å². The van der Waals surface area contributed by atoms with Crippen molar-refractivity contribution in [2.45, 2.75) is 44.6 Å². The lowest BCUT2D eigenvalue weighted by Crippen LogP contribution is -2.49. The molecule has 2 rings (SSSR count). The van der Waals surface area contributed by atoms with Gasteiger partial charge in [-0.2, -0.15) is 0 Å². The van der Waals surface area contributed by atoms with Gasteiger partial charge in [-0.25, -0.2) is 0 Å². The van der Waals surface area contributed by atoms with E-state index in [1.807, 2.05) is 19.2 Å². The van der Waals surface area contributed by atoms with Gasteiger partial charge < -0.3 is 20.1 Å². The maximum Gasteiger partial charge on any atom is 0.191 e. The van der Waals surface area contributed by atoms with E-state index in [1.54, 1.807) is 7.11 Å². The average molecular weight is 333 g/mol. The standard InChI is InChI=1S/C19H31N3O2/c1-5-15(2)22-18(20-3)21-14-19(10-12-24-13-11-19)16-6-8-17(23-4)9-7-16/h6-9,15H,5,10-14H2,1-4H3,(H2,20,21,22). The monoisotopic (exact) mass is 333 g/mol. The summed E-state index contributed by atoms with van der Waals surface area (Å²) in [6.45, 7) is 6.78. The Morgan fingerprint density at radius 1 is 1.29 bits per heavy atom. The second-order valence-corrected chi connectivity index (χ2v) is 6.50. The summed E-state index contributed by atoms with van der Waals surface area (Å²) >= 11 is 0. The highest BCUT2D eigenvalue weighted by atomic mass is 16.5. The van der Waals surface area contributed by atoms with E-state index in [0.29, 0.717) is 6.04 Å². The molecule has 0 amide bonds. The Morgan fingerprint density at radius 3 is 2.50 bits per heavy atom. The first-order chi connectivity index (χ1) is 11.6. The molecule has 0 saturated carbocycles. The Kier molecular flexibility index (Phi) is 6.91. The van der Waals surface area contributed by atoms with E-state index in [-0.39, 0.29) is 5.41 Å². The van der Waals surface area contributed by atoms with Gasteiger partial charge in [0.05, 0.1) is 7.11 Å². The molecule has 1 unspecified atom stereocenters. The van der Waals surface area contributed by atoms with Gasteiger partial charge in [0.1, 0.15) is 5.75 Å². The number of nitrogens with one attached hydrogen (secondary N) is 2. The summed E-state index contributed by atoms with van der Waals surface area (Å²) in [6, 6.07) is 8.84. The number of methoxy groups -OCH3 is 1. The Morgan fingerprint density at radius 2 is 1.96 bits per heavy atom. The van der Waals surface area contributed by atoms with Gasteiger partial charge in [0.25, 0.3) is 0 Å². The van der Waals surface area contributed by atoms with Crippen molar-refractivity contribution in [3.05, 3.63) is 29.8 Å². The molecule has 1 aromatic rings. The molecule has 24 heavy (non-hydrogen) atoms. The molecule has 5 nitrogen and oxygen atoms in total. The summed E-state index contributed by atoms with van der Waals surface area (Å²) in [5, 5.41) is 6.95. The summed E-state index contributed by atoms with van der Waals surface area (Å²) in [5.74, 6) is 1.76. The highest BCUT2D eigenvalue weighted by Gasteiger charge is 2.34. The first-order valence-corrected chi connectivity index (χ1v) is 8.83. The number of nitrogens with zero attached hydrogens (tertiary/aromatic N) is 1. The van der Waals surface area contributed by atoms with Crippen LogP contribution in [0, 0.1) is 0 Å². The van der Waals surface area contributed by atoms with Crippen molar-refractivity contribution in [1.29, 1.82) is 0 Å². The number of hydrogen-bond acceptors (Lipinski definition) is 3. The third-order valence-corrected chi connectivity index (χ3v) is 4.97. The Labute approximate surface area is 145 Å². The van der Waals surface area contributed by atoms with Crippen LogP contribution in [0.1, 0.15) is 38.7 Å². The molecule has 1 saturated heterocycles. The van der Waals surface area contributed by atoms with Crippen molar-refractivity contribution in [1.82, 2.24) is 10.6 Å². The van der Waals surface area contributed by atoms with Gasteiger partial charge in [0.15, 0.2) is 5.96 Å². The lowest BCUT2D eigenvalue weighted by atomic mass is 9.74. The van der Waals surface area contributed by atoms with E-state index < -0.39 is 0 Å². The van der Waals surface area contributed by atoms with Crippen molar-refractivity contribution >= 4 is 5.96 Å². The van der Waals surface area contributed by atoms with Crippen LogP contribution in [0.4, 0.5) is 0 Å². The SMILES string of the molecule is CCC(C)NC(=NC)NCC1(c2ccc(OC)cc2)CCOCC1. The van der Waals surface area contributed by atoms with Crippen LogP contribution >= 0.6 is 0 Å². The second-order valence-electron chi connectivity index (χ2n) is 6.50. The molecule has 1 atom stereocenters. The van der Waals surface area contributed by atoms with Crippen molar-refractivity contribution < 1.29 is 9.47 Å². The lowest BCUT2D eigenvalue weighted by molar-refractivity contribution is 0.0513. The summed E-state index contributed by atoms with van der Waals surface area (Å²) in [7, 11) is 3.52. The van der Waals surface area contributed by atoms with Crippen LogP contribution in [-0.2, 0) is 10.2 Å². The van der Waals surface area contributed by atoms with Crippen LogP contribution in [0.15, 0.2) is 29.3 Å². The fraction of sp³-hybridized carbons (Fsp3) is 0.632. The largest absolute Gasteiger partial charge is 0.497 e. The van der Waals surface area contributed by atoms with Gasteiger partial charge in [-0.1, -0.05) is 19.1 Å². The molecular formula is C19H31N3O2. The predicted octanol–water partition coefficient (Wildman–Crippen LogP) is 2.71. The molecular weight excluding hydrogens is 302 g/mol. The van der Waals surface area contributed by atoms with Crippen LogP contribution in [0.3, 0.4) is 0 Å².